The molecule has 3 unspecified atom stereocenters. The van der Waals surface area contributed by atoms with E-state index in [-0.39, 0.29) is 17.2 Å². The third-order valence-electron chi connectivity index (χ3n) is 5.47. The van der Waals surface area contributed by atoms with Gasteiger partial charge in [0.1, 0.15) is 0 Å². The fourth-order valence-corrected chi connectivity index (χ4v) is 5.41. The average Bonchev–Trinajstić information content (AvgIpc) is 2.44. The number of aromatic hydroxyl groups is 1. The van der Waals surface area contributed by atoms with Crippen molar-refractivity contribution in [2.75, 3.05) is 0 Å². The van der Waals surface area contributed by atoms with Crippen molar-refractivity contribution in [3.05, 3.63) is 27.5 Å². The molecule has 0 spiro atoms. The van der Waals surface area contributed by atoms with Crippen LogP contribution in [-0.2, 0) is 11.8 Å². The Hall–Kier alpha value is -0.610. The molecule has 3 rings (SSSR count). The molecule has 0 radical (unpaired) electrons. The van der Waals surface area contributed by atoms with Crippen LogP contribution in [0, 0.1) is 11.7 Å². The summed E-state index contributed by atoms with van der Waals surface area (Å²) in [5, 5.41) is 9.98. The predicted octanol–water partition coefficient (Wildman–Crippen LogP) is 4.02. The second kappa shape index (κ2) is 4.99. The molecule has 2 aliphatic carbocycles. The fourth-order valence-electron chi connectivity index (χ4n) is 4.57. The van der Waals surface area contributed by atoms with E-state index in [1.54, 1.807) is 0 Å². The van der Waals surface area contributed by atoms with Crippen LogP contribution in [0.4, 0.5) is 4.39 Å². The lowest BCUT2D eigenvalue weighted by Crippen LogP contribution is -2.52. The molecule has 1 aromatic carbocycles. The van der Waals surface area contributed by atoms with Crippen molar-refractivity contribution in [2.24, 2.45) is 11.7 Å². The number of phenolic OH excluding ortho intramolecular Hbond substituents is 1. The first-order chi connectivity index (χ1) is 9.51. The Balaban J connectivity index is 2.26. The number of phenols is 1. The number of rotatable bonds is 1. The summed E-state index contributed by atoms with van der Waals surface area (Å²) < 4.78 is 14.4. The fraction of sp³-hybridized carbons (Fsp3) is 0.625. The highest BCUT2D eigenvalue weighted by molar-refractivity contribution is 9.10. The first-order valence-electron chi connectivity index (χ1n) is 7.47. The van der Waals surface area contributed by atoms with Gasteiger partial charge in [0, 0.05) is 11.5 Å². The molecule has 1 aromatic rings. The summed E-state index contributed by atoms with van der Waals surface area (Å²) in [4.78, 5) is 0. The van der Waals surface area contributed by atoms with Crippen LogP contribution in [0.25, 0.3) is 0 Å². The van der Waals surface area contributed by atoms with Gasteiger partial charge in [-0.2, -0.15) is 0 Å². The lowest BCUT2D eigenvalue weighted by atomic mass is 9.54. The predicted molar refractivity (Wildman–Crippen MR) is 81.4 cm³/mol. The smallest absolute Gasteiger partial charge is 0.166 e. The monoisotopic (exact) mass is 341 g/mol. The molecule has 4 heteroatoms. The van der Waals surface area contributed by atoms with Crippen molar-refractivity contribution in [1.82, 2.24) is 0 Å². The third-order valence-corrected chi connectivity index (χ3v) is 6.25. The molecule has 2 nitrogen and oxygen atoms in total. The molecular formula is C16H21BrFNO. The van der Waals surface area contributed by atoms with Gasteiger partial charge in [-0.15, -0.1) is 0 Å². The molecule has 0 aromatic heterocycles. The van der Waals surface area contributed by atoms with Crippen LogP contribution in [0.1, 0.15) is 50.2 Å². The van der Waals surface area contributed by atoms with Crippen molar-refractivity contribution in [2.45, 2.75) is 56.9 Å². The summed E-state index contributed by atoms with van der Waals surface area (Å²) in [6.45, 7) is 2.19. The minimum atomic E-state index is -0.552. The molecular weight excluding hydrogens is 321 g/mol. The second-order valence-electron chi connectivity index (χ2n) is 6.29. The van der Waals surface area contributed by atoms with Gasteiger partial charge in [0.2, 0.25) is 0 Å². The van der Waals surface area contributed by atoms with Crippen LogP contribution < -0.4 is 5.73 Å². The summed E-state index contributed by atoms with van der Waals surface area (Å²) in [7, 11) is 0. The SMILES string of the molecule is CCC12CCCCC1C(N)Cc1cc(F)c(O)c(Br)c12. The van der Waals surface area contributed by atoms with Gasteiger partial charge >= 0.3 is 0 Å². The Morgan fingerprint density at radius 1 is 1.50 bits per heavy atom. The van der Waals surface area contributed by atoms with Gasteiger partial charge < -0.3 is 10.8 Å². The maximum Gasteiger partial charge on any atom is 0.166 e. The van der Waals surface area contributed by atoms with E-state index in [0.29, 0.717) is 16.8 Å². The zero-order valence-electron chi connectivity index (χ0n) is 11.8. The van der Waals surface area contributed by atoms with E-state index < -0.39 is 5.82 Å². The molecule has 0 saturated heterocycles. The van der Waals surface area contributed by atoms with Gasteiger partial charge in [-0.1, -0.05) is 19.8 Å². The number of halogens is 2. The Bertz CT molecular complexity index is 548. The lowest BCUT2D eigenvalue weighted by Gasteiger charge is -2.51. The summed E-state index contributed by atoms with van der Waals surface area (Å²) >= 11 is 3.44. The van der Waals surface area contributed by atoms with Crippen molar-refractivity contribution < 1.29 is 9.50 Å². The molecule has 2 aliphatic rings. The van der Waals surface area contributed by atoms with Crippen molar-refractivity contribution in [3.8, 4) is 5.75 Å². The maximum atomic E-state index is 13.8. The molecule has 110 valence electrons. The Kier molecular flexibility index (Phi) is 3.57. The topological polar surface area (TPSA) is 46.2 Å². The number of nitrogens with two attached hydrogens (primary N) is 1. The van der Waals surface area contributed by atoms with Gasteiger partial charge in [-0.05, 0) is 64.7 Å². The van der Waals surface area contributed by atoms with Gasteiger partial charge in [0.15, 0.2) is 11.6 Å². The molecule has 0 amide bonds. The quantitative estimate of drug-likeness (QED) is 0.810. The van der Waals surface area contributed by atoms with Gasteiger partial charge in [-0.3, -0.25) is 0 Å². The minimum Gasteiger partial charge on any atom is -0.504 e. The van der Waals surface area contributed by atoms with Crippen LogP contribution in [0.5, 0.6) is 5.75 Å². The molecule has 0 heterocycles. The largest absolute Gasteiger partial charge is 0.504 e. The van der Waals surface area contributed by atoms with Crippen LogP contribution in [0.3, 0.4) is 0 Å². The van der Waals surface area contributed by atoms with E-state index in [1.807, 2.05) is 0 Å². The van der Waals surface area contributed by atoms with Crippen LogP contribution in [-0.4, -0.2) is 11.1 Å². The van der Waals surface area contributed by atoms with E-state index in [1.165, 1.54) is 18.9 Å². The Morgan fingerprint density at radius 3 is 2.95 bits per heavy atom. The third kappa shape index (κ3) is 1.84. The summed E-state index contributed by atoms with van der Waals surface area (Å²) in [6, 6.07) is 1.58. The zero-order valence-corrected chi connectivity index (χ0v) is 13.3. The van der Waals surface area contributed by atoms with E-state index in [2.05, 4.69) is 22.9 Å². The number of fused-ring (bicyclic) bond motifs is 3. The Labute approximate surface area is 127 Å². The van der Waals surface area contributed by atoms with Crippen LogP contribution >= 0.6 is 15.9 Å². The van der Waals surface area contributed by atoms with Crippen LogP contribution in [0.2, 0.25) is 0 Å². The van der Waals surface area contributed by atoms with E-state index in [4.69, 9.17) is 5.73 Å². The number of hydrogen-bond donors (Lipinski definition) is 2. The second-order valence-corrected chi connectivity index (χ2v) is 7.08. The van der Waals surface area contributed by atoms with Crippen molar-refractivity contribution in [1.29, 1.82) is 0 Å². The normalized spacial score (nSPS) is 32.6. The Morgan fingerprint density at radius 2 is 2.25 bits per heavy atom. The van der Waals surface area contributed by atoms with E-state index in [9.17, 15) is 9.50 Å². The molecule has 1 saturated carbocycles. The molecule has 3 N–H and O–H groups in total. The van der Waals surface area contributed by atoms with Crippen LogP contribution in [0.15, 0.2) is 10.5 Å². The number of hydrogen-bond acceptors (Lipinski definition) is 2. The van der Waals surface area contributed by atoms with Gasteiger partial charge in [-0.25, -0.2) is 4.39 Å². The standard InChI is InChI=1S/C16H21BrFNO/c1-2-16-6-4-3-5-10(16)12(19)8-9-7-11(18)15(20)14(17)13(9)16/h7,10,12,20H,2-6,8,19H2,1H3. The molecule has 3 atom stereocenters. The zero-order chi connectivity index (χ0) is 14.5. The van der Waals surface area contributed by atoms with Gasteiger partial charge in [0.05, 0.1) is 4.47 Å². The lowest BCUT2D eigenvalue weighted by molar-refractivity contribution is 0.132. The molecule has 1 fully saturated rings. The molecule has 20 heavy (non-hydrogen) atoms. The molecule has 0 bridgehead atoms. The average molecular weight is 342 g/mol. The summed E-state index contributed by atoms with van der Waals surface area (Å²) in [5.41, 5.74) is 8.49. The molecule has 0 aliphatic heterocycles. The minimum absolute atomic E-state index is 0.00470. The summed E-state index contributed by atoms with van der Waals surface area (Å²) in [6.07, 6.45) is 6.32. The van der Waals surface area contributed by atoms with E-state index in [0.717, 1.165) is 30.4 Å². The highest BCUT2D eigenvalue weighted by Crippen LogP contribution is 2.55. The summed E-state index contributed by atoms with van der Waals surface area (Å²) in [5.74, 6) is -0.366. The maximum absolute atomic E-state index is 13.8. The first kappa shape index (κ1) is 14.3. The van der Waals surface area contributed by atoms with Gasteiger partial charge in [0.25, 0.3) is 0 Å². The van der Waals surface area contributed by atoms with Crippen molar-refractivity contribution in [3.63, 3.8) is 0 Å². The highest BCUT2D eigenvalue weighted by atomic mass is 79.9. The number of benzene rings is 1. The van der Waals surface area contributed by atoms with Crippen molar-refractivity contribution >= 4 is 15.9 Å². The highest BCUT2D eigenvalue weighted by Gasteiger charge is 2.49. The van der Waals surface area contributed by atoms with E-state index >= 15 is 0 Å². The first-order valence-corrected chi connectivity index (χ1v) is 8.26.